The summed E-state index contributed by atoms with van der Waals surface area (Å²) in [6.45, 7) is 4.15. The van der Waals surface area contributed by atoms with E-state index in [-0.39, 0.29) is 0 Å². The zero-order chi connectivity index (χ0) is 9.42. The highest BCUT2D eigenvalue weighted by Gasteiger charge is 2.04. The molecule has 1 aromatic carbocycles. The molecule has 0 aliphatic rings. The number of hydrogen-bond donors (Lipinski definition) is 0. The van der Waals surface area contributed by atoms with Crippen LogP contribution in [0.25, 0.3) is 10.2 Å². The predicted molar refractivity (Wildman–Crippen MR) is 57.0 cm³/mol. The average molecular weight is 187 g/mol. The largest absolute Gasteiger partial charge is 0.227 e. The third kappa shape index (κ3) is 1.32. The molecule has 0 spiro atoms. The third-order valence-electron chi connectivity index (χ3n) is 1.95. The number of aromatic nitrogens is 1. The monoisotopic (exact) mass is 187 g/mol. The highest BCUT2D eigenvalue weighted by molar-refractivity contribution is 7.19. The van der Waals surface area contributed by atoms with Gasteiger partial charge in [0, 0.05) is 0 Å². The Hall–Kier alpha value is -1.33. The summed E-state index contributed by atoms with van der Waals surface area (Å²) < 4.78 is 1.19. The van der Waals surface area contributed by atoms with Crippen molar-refractivity contribution >= 4 is 21.6 Å². The quantitative estimate of drug-likeness (QED) is 0.578. The van der Waals surface area contributed by atoms with E-state index >= 15 is 0 Å². The first-order valence-electron chi connectivity index (χ1n) is 4.05. The molecule has 0 N–H and O–H groups in total. The number of nitrogens with zero attached hydrogens (tertiary/aromatic N) is 1. The van der Waals surface area contributed by atoms with E-state index < -0.39 is 0 Å². The lowest BCUT2D eigenvalue weighted by atomic mass is 10.1. The fraction of sp³-hybridized carbons (Fsp3) is 0.182. The van der Waals surface area contributed by atoms with E-state index in [2.05, 4.69) is 36.9 Å². The van der Waals surface area contributed by atoms with Gasteiger partial charge in [-0.1, -0.05) is 6.07 Å². The van der Waals surface area contributed by atoms with Crippen LogP contribution in [0.4, 0.5) is 0 Å². The van der Waals surface area contributed by atoms with E-state index in [1.165, 1.54) is 15.8 Å². The van der Waals surface area contributed by atoms with Crippen molar-refractivity contribution in [1.82, 2.24) is 4.98 Å². The summed E-state index contributed by atoms with van der Waals surface area (Å²) >= 11 is 1.58. The van der Waals surface area contributed by atoms with Crippen LogP contribution in [0.5, 0.6) is 0 Å². The van der Waals surface area contributed by atoms with Gasteiger partial charge in [-0.25, -0.2) is 4.98 Å². The minimum absolute atomic E-state index is 0.767. The summed E-state index contributed by atoms with van der Waals surface area (Å²) in [4.78, 5) is 4.35. The molecule has 0 fully saturated rings. The lowest BCUT2D eigenvalue weighted by molar-refractivity contribution is 1.37. The molecule has 1 nitrogen and oxygen atoms in total. The van der Waals surface area contributed by atoms with Crippen LogP contribution < -0.4 is 0 Å². The zero-order valence-corrected chi connectivity index (χ0v) is 8.40. The van der Waals surface area contributed by atoms with Gasteiger partial charge >= 0.3 is 0 Å². The van der Waals surface area contributed by atoms with Gasteiger partial charge in [0.05, 0.1) is 10.2 Å². The Balaban J connectivity index is 2.84. The van der Waals surface area contributed by atoms with Crippen molar-refractivity contribution < 1.29 is 0 Å². The molecule has 13 heavy (non-hydrogen) atoms. The first-order chi connectivity index (χ1) is 6.20. The normalized spacial score (nSPS) is 10.2. The lowest BCUT2D eigenvalue weighted by Crippen LogP contribution is -1.78. The third-order valence-corrected chi connectivity index (χ3v) is 2.89. The van der Waals surface area contributed by atoms with Crippen molar-refractivity contribution in [3.63, 3.8) is 0 Å². The molecule has 0 radical (unpaired) electrons. The Kier molecular flexibility index (Phi) is 1.82. The minimum atomic E-state index is 0.767. The molecule has 2 rings (SSSR count). The number of rotatable bonds is 0. The van der Waals surface area contributed by atoms with Gasteiger partial charge in [0.15, 0.2) is 5.01 Å². The van der Waals surface area contributed by atoms with Crippen molar-refractivity contribution in [2.24, 2.45) is 0 Å². The fourth-order valence-corrected chi connectivity index (χ4v) is 2.38. The lowest BCUT2D eigenvalue weighted by Gasteiger charge is -1.95. The van der Waals surface area contributed by atoms with Gasteiger partial charge in [0.25, 0.3) is 0 Å². The molecular weight excluding hydrogens is 178 g/mol. The highest BCUT2D eigenvalue weighted by Crippen LogP contribution is 2.25. The van der Waals surface area contributed by atoms with Crippen LogP contribution in [0.15, 0.2) is 12.1 Å². The van der Waals surface area contributed by atoms with Crippen molar-refractivity contribution in [1.29, 1.82) is 0 Å². The smallest absolute Gasteiger partial charge is 0.167 e. The highest BCUT2D eigenvalue weighted by atomic mass is 32.1. The van der Waals surface area contributed by atoms with E-state index in [9.17, 15) is 0 Å². The van der Waals surface area contributed by atoms with Gasteiger partial charge in [0.2, 0.25) is 0 Å². The molecule has 0 saturated heterocycles. The van der Waals surface area contributed by atoms with Crippen LogP contribution in [0, 0.1) is 26.2 Å². The Bertz CT molecular complexity index is 503. The topological polar surface area (TPSA) is 12.9 Å². The van der Waals surface area contributed by atoms with Gasteiger partial charge < -0.3 is 0 Å². The second kappa shape index (κ2) is 2.86. The van der Waals surface area contributed by atoms with E-state index in [4.69, 9.17) is 6.42 Å². The number of fused-ring (bicyclic) bond motifs is 1. The summed E-state index contributed by atoms with van der Waals surface area (Å²) in [6.07, 6.45) is 5.30. The Morgan fingerprint density at radius 2 is 2.15 bits per heavy atom. The SMILES string of the molecule is C#Cc1nc2c(C)cc(C)cc2s1. The fourth-order valence-electron chi connectivity index (χ4n) is 1.43. The molecule has 0 bridgehead atoms. The first-order valence-corrected chi connectivity index (χ1v) is 4.87. The van der Waals surface area contributed by atoms with Crippen LogP contribution in [-0.2, 0) is 0 Å². The van der Waals surface area contributed by atoms with Gasteiger partial charge in [0.1, 0.15) is 0 Å². The summed E-state index contributed by atoms with van der Waals surface area (Å²) in [5, 5.41) is 0.767. The van der Waals surface area contributed by atoms with Crippen LogP contribution in [-0.4, -0.2) is 4.98 Å². The molecule has 0 unspecified atom stereocenters. The summed E-state index contributed by atoms with van der Waals surface area (Å²) in [5.41, 5.74) is 3.51. The zero-order valence-electron chi connectivity index (χ0n) is 7.59. The maximum absolute atomic E-state index is 5.30. The maximum Gasteiger partial charge on any atom is 0.167 e. The minimum Gasteiger partial charge on any atom is -0.227 e. The molecule has 0 saturated carbocycles. The Labute approximate surface area is 81.4 Å². The van der Waals surface area contributed by atoms with E-state index in [0.29, 0.717) is 0 Å². The molecule has 1 aromatic heterocycles. The second-order valence-corrected chi connectivity index (χ2v) is 4.12. The van der Waals surface area contributed by atoms with Crippen LogP contribution in [0.3, 0.4) is 0 Å². The average Bonchev–Trinajstić information content (AvgIpc) is 2.47. The summed E-state index contributed by atoms with van der Waals surface area (Å²) in [7, 11) is 0. The standard InChI is InChI=1S/C11H9NS/c1-4-10-12-11-8(3)5-7(2)6-9(11)13-10/h1,5-6H,2-3H3. The molecule has 64 valence electrons. The summed E-state index contributed by atoms with van der Waals surface area (Å²) in [5.74, 6) is 2.57. The number of benzene rings is 1. The molecular formula is C11H9NS. The van der Waals surface area contributed by atoms with Gasteiger partial charge in [-0.2, -0.15) is 0 Å². The molecule has 2 heteroatoms. The van der Waals surface area contributed by atoms with Gasteiger partial charge in [-0.3, -0.25) is 0 Å². The van der Waals surface area contributed by atoms with Crippen molar-refractivity contribution in [3.05, 3.63) is 28.3 Å². The maximum atomic E-state index is 5.30. The van der Waals surface area contributed by atoms with Gasteiger partial charge in [-0.15, -0.1) is 17.8 Å². The molecule has 0 atom stereocenters. The van der Waals surface area contributed by atoms with E-state index in [0.717, 1.165) is 10.5 Å². The number of aryl methyl sites for hydroxylation is 2. The van der Waals surface area contributed by atoms with Crippen molar-refractivity contribution in [3.8, 4) is 12.3 Å². The first kappa shape index (κ1) is 8.28. The molecule has 0 aliphatic carbocycles. The van der Waals surface area contributed by atoms with Gasteiger partial charge in [-0.05, 0) is 37.0 Å². The summed E-state index contributed by atoms with van der Waals surface area (Å²) in [6, 6.07) is 4.25. The van der Waals surface area contributed by atoms with Crippen LogP contribution in [0.2, 0.25) is 0 Å². The molecule has 0 amide bonds. The van der Waals surface area contributed by atoms with Crippen molar-refractivity contribution in [2.75, 3.05) is 0 Å². The van der Waals surface area contributed by atoms with Crippen LogP contribution >= 0.6 is 11.3 Å². The van der Waals surface area contributed by atoms with Crippen molar-refractivity contribution in [2.45, 2.75) is 13.8 Å². The number of thiazole rings is 1. The van der Waals surface area contributed by atoms with Crippen LogP contribution in [0.1, 0.15) is 16.1 Å². The number of hydrogen-bond acceptors (Lipinski definition) is 2. The Morgan fingerprint density at radius 1 is 1.38 bits per heavy atom. The number of terminal acetylenes is 1. The Morgan fingerprint density at radius 3 is 2.85 bits per heavy atom. The molecule has 1 heterocycles. The second-order valence-electron chi connectivity index (χ2n) is 3.09. The predicted octanol–water partition coefficient (Wildman–Crippen LogP) is 2.89. The van der Waals surface area contributed by atoms with E-state index in [1.807, 2.05) is 0 Å². The van der Waals surface area contributed by atoms with E-state index in [1.54, 1.807) is 11.3 Å². The molecule has 2 aromatic rings. The molecule has 0 aliphatic heterocycles.